The van der Waals surface area contributed by atoms with Gasteiger partial charge in [0.2, 0.25) is 0 Å². The molecule has 2 nitrogen and oxygen atoms in total. The lowest BCUT2D eigenvalue weighted by Gasteiger charge is -2.19. The first kappa shape index (κ1) is 11.8. The first-order chi connectivity index (χ1) is 8.05. The van der Waals surface area contributed by atoms with Crippen LogP contribution in [0.1, 0.15) is 32.0 Å². The Kier molecular flexibility index (Phi) is 3.23. The van der Waals surface area contributed by atoms with Gasteiger partial charge in [0.15, 0.2) is 0 Å². The number of aromatic nitrogens is 1. The predicted molar refractivity (Wildman–Crippen MR) is 73.3 cm³/mol. The number of benzene rings is 1. The second-order valence-corrected chi connectivity index (χ2v) is 5.38. The molecule has 2 rings (SSSR count). The molecule has 0 aliphatic heterocycles. The van der Waals surface area contributed by atoms with Gasteiger partial charge in [-0.1, -0.05) is 32.9 Å². The van der Waals surface area contributed by atoms with E-state index in [0.717, 1.165) is 12.2 Å². The molecule has 0 bridgehead atoms. The van der Waals surface area contributed by atoms with Crippen molar-refractivity contribution in [3.05, 3.63) is 53.9 Å². The summed E-state index contributed by atoms with van der Waals surface area (Å²) in [6, 6.07) is 12.8. The van der Waals surface area contributed by atoms with Gasteiger partial charge in [-0.05, 0) is 35.2 Å². The summed E-state index contributed by atoms with van der Waals surface area (Å²) in [5.41, 5.74) is 3.94. The molecule has 0 radical (unpaired) electrons. The Bertz CT molecular complexity index is 447. The molecule has 2 N–H and O–H groups in total. The van der Waals surface area contributed by atoms with Crippen molar-refractivity contribution in [1.29, 1.82) is 0 Å². The standard InChI is InChI=1S/C15H20N2/c1-15(2,3)12-6-8-13(9-7-12)17-11-14-5-4-10-16-14/h4-10,16-17H,11H2,1-3H3. The molecule has 0 spiro atoms. The van der Waals surface area contributed by atoms with Crippen LogP contribution in [0.2, 0.25) is 0 Å². The highest BCUT2D eigenvalue weighted by Crippen LogP contribution is 2.23. The van der Waals surface area contributed by atoms with Crippen LogP contribution in [-0.4, -0.2) is 4.98 Å². The minimum atomic E-state index is 0.220. The first-order valence-corrected chi connectivity index (χ1v) is 6.02. The summed E-state index contributed by atoms with van der Waals surface area (Å²) in [4.78, 5) is 3.18. The molecule has 0 unspecified atom stereocenters. The highest BCUT2D eigenvalue weighted by atomic mass is 14.9. The maximum atomic E-state index is 3.39. The summed E-state index contributed by atoms with van der Waals surface area (Å²) in [6.45, 7) is 7.53. The number of hydrogen-bond acceptors (Lipinski definition) is 1. The summed E-state index contributed by atoms with van der Waals surface area (Å²) in [5.74, 6) is 0. The lowest BCUT2D eigenvalue weighted by Crippen LogP contribution is -2.10. The lowest BCUT2D eigenvalue weighted by molar-refractivity contribution is 0.590. The molecule has 1 aromatic carbocycles. The Hall–Kier alpha value is -1.70. The van der Waals surface area contributed by atoms with Crippen LogP contribution in [0.5, 0.6) is 0 Å². The molecule has 2 heteroatoms. The fourth-order valence-electron chi connectivity index (χ4n) is 1.76. The zero-order valence-electron chi connectivity index (χ0n) is 10.7. The van der Waals surface area contributed by atoms with E-state index in [2.05, 4.69) is 61.4 Å². The molecular formula is C15H20N2. The van der Waals surface area contributed by atoms with E-state index in [0.29, 0.717) is 0 Å². The van der Waals surface area contributed by atoms with Crippen molar-refractivity contribution in [2.24, 2.45) is 0 Å². The predicted octanol–water partition coefficient (Wildman–Crippen LogP) is 3.92. The van der Waals surface area contributed by atoms with Crippen molar-refractivity contribution in [2.75, 3.05) is 5.32 Å². The van der Waals surface area contributed by atoms with Crippen LogP contribution in [0, 0.1) is 0 Å². The zero-order valence-corrected chi connectivity index (χ0v) is 10.7. The van der Waals surface area contributed by atoms with Crippen molar-refractivity contribution < 1.29 is 0 Å². The average molecular weight is 228 g/mol. The van der Waals surface area contributed by atoms with E-state index < -0.39 is 0 Å². The SMILES string of the molecule is CC(C)(C)c1ccc(NCc2ccc[nH]2)cc1. The van der Waals surface area contributed by atoms with Gasteiger partial charge in [0, 0.05) is 17.6 Å². The molecule has 0 fully saturated rings. The monoisotopic (exact) mass is 228 g/mol. The van der Waals surface area contributed by atoms with Gasteiger partial charge in [-0.15, -0.1) is 0 Å². The fourth-order valence-corrected chi connectivity index (χ4v) is 1.76. The van der Waals surface area contributed by atoms with Gasteiger partial charge in [0.05, 0.1) is 6.54 Å². The normalized spacial score (nSPS) is 11.5. The molecule has 0 atom stereocenters. The topological polar surface area (TPSA) is 27.8 Å². The van der Waals surface area contributed by atoms with Gasteiger partial charge < -0.3 is 10.3 Å². The minimum Gasteiger partial charge on any atom is -0.379 e. The first-order valence-electron chi connectivity index (χ1n) is 6.02. The molecule has 0 aliphatic rings. The van der Waals surface area contributed by atoms with Gasteiger partial charge in [0.25, 0.3) is 0 Å². The molecule has 17 heavy (non-hydrogen) atoms. The smallest absolute Gasteiger partial charge is 0.0551 e. The Morgan fingerprint density at radius 1 is 1.06 bits per heavy atom. The lowest BCUT2D eigenvalue weighted by atomic mass is 9.87. The number of hydrogen-bond donors (Lipinski definition) is 2. The average Bonchev–Trinajstić information content (AvgIpc) is 2.78. The third-order valence-electron chi connectivity index (χ3n) is 2.90. The maximum Gasteiger partial charge on any atom is 0.0551 e. The van der Waals surface area contributed by atoms with E-state index in [1.807, 2.05) is 12.3 Å². The van der Waals surface area contributed by atoms with Crippen LogP contribution in [0.4, 0.5) is 5.69 Å². The molecule has 0 aliphatic carbocycles. The number of aromatic amines is 1. The van der Waals surface area contributed by atoms with Gasteiger partial charge >= 0.3 is 0 Å². The van der Waals surface area contributed by atoms with Crippen LogP contribution in [0.15, 0.2) is 42.6 Å². The summed E-state index contributed by atoms with van der Waals surface area (Å²) in [6.07, 6.45) is 1.94. The third-order valence-corrected chi connectivity index (χ3v) is 2.90. The van der Waals surface area contributed by atoms with Crippen LogP contribution in [0.25, 0.3) is 0 Å². The molecule has 1 aromatic heterocycles. The van der Waals surface area contributed by atoms with Gasteiger partial charge in [-0.25, -0.2) is 0 Å². The van der Waals surface area contributed by atoms with Crippen molar-refractivity contribution in [2.45, 2.75) is 32.7 Å². The van der Waals surface area contributed by atoms with Crippen molar-refractivity contribution in [1.82, 2.24) is 4.98 Å². The fraction of sp³-hybridized carbons (Fsp3) is 0.333. The van der Waals surface area contributed by atoms with Crippen LogP contribution >= 0.6 is 0 Å². The third kappa shape index (κ3) is 3.13. The Morgan fingerprint density at radius 3 is 2.29 bits per heavy atom. The number of anilines is 1. The molecule has 0 saturated carbocycles. The second kappa shape index (κ2) is 4.66. The highest BCUT2D eigenvalue weighted by Gasteiger charge is 2.12. The van der Waals surface area contributed by atoms with Crippen molar-refractivity contribution in [3.63, 3.8) is 0 Å². The van der Waals surface area contributed by atoms with E-state index in [1.54, 1.807) is 0 Å². The summed E-state index contributed by atoms with van der Waals surface area (Å²) in [5, 5.41) is 3.39. The molecule has 1 heterocycles. The zero-order chi connectivity index (χ0) is 12.3. The van der Waals surface area contributed by atoms with Crippen LogP contribution in [-0.2, 0) is 12.0 Å². The summed E-state index contributed by atoms with van der Waals surface area (Å²) in [7, 11) is 0. The highest BCUT2D eigenvalue weighted by molar-refractivity contribution is 5.46. The number of nitrogens with one attached hydrogen (secondary N) is 2. The minimum absolute atomic E-state index is 0.220. The molecule has 0 saturated heterocycles. The van der Waals surface area contributed by atoms with Crippen molar-refractivity contribution >= 4 is 5.69 Å². The summed E-state index contributed by atoms with van der Waals surface area (Å²) < 4.78 is 0. The van der Waals surface area contributed by atoms with E-state index in [-0.39, 0.29) is 5.41 Å². The Labute approximate surface area is 103 Å². The molecule has 2 aromatic rings. The van der Waals surface area contributed by atoms with Crippen LogP contribution < -0.4 is 5.32 Å². The maximum absolute atomic E-state index is 3.39. The Balaban J connectivity index is 1.99. The molecule has 90 valence electrons. The number of H-pyrrole nitrogens is 1. The van der Waals surface area contributed by atoms with Crippen molar-refractivity contribution in [3.8, 4) is 0 Å². The van der Waals surface area contributed by atoms with E-state index in [9.17, 15) is 0 Å². The molecular weight excluding hydrogens is 208 g/mol. The van der Waals surface area contributed by atoms with Gasteiger partial charge in [-0.3, -0.25) is 0 Å². The largest absolute Gasteiger partial charge is 0.379 e. The van der Waals surface area contributed by atoms with E-state index >= 15 is 0 Å². The van der Waals surface area contributed by atoms with E-state index in [4.69, 9.17) is 0 Å². The summed E-state index contributed by atoms with van der Waals surface area (Å²) >= 11 is 0. The quantitative estimate of drug-likeness (QED) is 0.818. The second-order valence-electron chi connectivity index (χ2n) is 5.38. The number of rotatable bonds is 3. The Morgan fingerprint density at radius 2 is 1.76 bits per heavy atom. The van der Waals surface area contributed by atoms with Gasteiger partial charge in [-0.2, -0.15) is 0 Å². The molecule has 0 amide bonds. The van der Waals surface area contributed by atoms with Crippen LogP contribution in [0.3, 0.4) is 0 Å². The van der Waals surface area contributed by atoms with E-state index in [1.165, 1.54) is 11.3 Å². The van der Waals surface area contributed by atoms with Gasteiger partial charge in [0.1, 0.15) is 0 Å².